The number of halogens is 2. The second kappa shape index (κ2) is 8.43. The molecule has 0 aromatic rings. The molecule has 1 heterocycles. The summed E-state index contributed by atoms with van der Waals surface area (Å²) in [4.78, 5) is 13.7. The Kier molecular flexibility index (Phi) is 9.93. The Morgan fingerprint density at radius 1 is 1.60 bits per heavy atom. The number of hydrogen-bond acceptors (Lipinski definition) is 4. The van der Waals surface area contributed by atoms with Crippen LogP contribution in [0.2, 0.25) is 0 Å². The van der Waals surface area contributed by atoms with Crippen molar-refractivity contribution in [2.24, 2.45) is 5.73 Å². The van der Waals surface area contributed by atoms with Gasteiger partial charge >= 0.3 is 0 Å². The molecule has 0 aromatic carbocycles. The molecule has 4 nitrogen and oxygen atoms in total. The fraction of sp³-hybridized carbons (Fsp3) is 0.625. The number of primary amides is 1. The fourth-order valence-electron chi connectivity index (χ4n) is 1.24. The molecule has 0 atom stereocenters. The Morgan fingerprint density at radius 2 is 2.20 bits per heavy atom. The number of aliphatic hydroxyl groups excluding tert-OH is 1. The summed E-state index contributed by atoms with van der Waals surface area (Å²) in [5.74, 6) is 0.453. The van der Waals surface area contributed by atoms with Gasteiger partial charge in [0.1, 0.15) is 0 Å². The van der Waals surface area contributed by atoms with Gasteiger partial charge in [0, 0.05) is 23.6 Å². The van der Waals surface area contributed by atoms with Gasteiger partial charge in [0.25, 0.3) is 0 Å². The van der Waals surface area contributed by atoms with Crippen molar-refractivity contribution in [2.45, 2.75) is 13.3 Å². The lowest BCUT2D eigenvalue weighted by atomic mass is 10.3. The van der Waals surface area contributed by atoms with Gasteiger partial charge < -0.3 is 15.7 Å². The van der Waals surface area contributed by atoms with Crippen molar-refractivity contribution in [3.63, 3.8) is 0 Å². The quantitative estimate of drug-likeness (QED) is 0.788. The van der Waals surface area contributed by atoms with Gasteiger partial charge in [-0.15, -0.1) is 45.7 Å². The van der Waals surface area contributed by atoms with Crippen LogP contribution in [0.25, 0.3) is 0 Å². The number of aliphatic hydroxyl groups is 1. The minimum absolute atomic E-state index is 0. The number of thioether (sulfide) groups is 1. The molecule has 1 aliphatic heterocycles. The first-order chi connectivity index (χ1) is 6.15. The molecule has 0 saturated carbocycles. The van der Waals surface area contributed by atoms with Crippen LogP contribution in [0.3, 0.4) is 0 Å². The molecule has 0 spiro atoms. The maximum Gasteiger partial charge on any atom is 0.236 e. The molecule has 1 rings (SSSR count). The highest BCUT2D eigenvalue weighted by Gasteiger charge is 2.19. The van der Waals surface area contributed by atoms with E-state index < -0.39 is 0 Å². The van der Waals surface area contributed by atoms with E-state index in [0.29, 0.717) is 6.42 Å². The third-order valence-electron chi connectivity index (χ3n) is 1.96. The van der Waals surface area contributed by atoms with Crippen LogP contribution in [0.5, 0.6) is 0 Å². The highest BCUT2D eigenvalue weighted by atomic mass is 79.9. The third-order valence-corrected chi connectivity index (χ3v) is 3.25. The smallest absolute Gasteiger partial charge is 0.236 e. The Labute approximate surface area is 115 Å². The Hall–Kier alpha value is 0.280. The summed E-state index contributed by atoms with van der Waals surface area (Å²) in [6.07, 6.45) is 0.672. The molecule has 0 saturated heterocycles. The van der Waals surface area contributed by atoms with Gasteiger partial charge in [0.15, 0.2) is 0 Å². The van der Waals surface area contributed by atoms with Crippen molar-refractivity contribution in [3.05, 3.63) is 10.6 Å². The van der Waals surface area contributed by atoms with E-state index in [0.717, 1.165) is 16.5 Å². The monoisotopic (exact) mass is 362 g/mol. The van der Waals surface area contributed by atoms with E-state index >= 15 is 0 Å². The zero-order chi connectivity index (χ0) is 9.84. The zero-order valence-corrected chi connectivity index (χ0v) is 12.7. The highest BCUT2D eigenvalue weighted by molar-refractivity contribution is 8.93. The normalized spacial score (nSPS) is 14.7. The standard InChI is InChI=1S/C8H14N2O2S.2BrH/c1-6-7(2-3-11)13-5-10(6)4-8(9)12;;/h11H,2-5H2,1H3,(H2,9,12);2*1H. The van der Waals surface area contributed by atoms with Crippen LogP contribution < -0.4 is 5.73 Å². The molecule has 0 aliphatic carbocycles. The van der Waals surface area contributed by atoms with Gasteiger partial charge in [-0.1, -0.05) is 0 Å². The summed E-state index contributed by atoms with van der Waals surface area (Å²) >= 11 is 1.66. The van der Waals surface area contributed by atoms with Gasteiger partial charge in [0.05, 0.1) is 12.4 Å². The molecule has 0 radical (unpaired) electrons. The van der Waals surface area contributed by atoms with E-state index in [1.807, 2.05) is 11.8 Å². The topological polar surface area (TPSA) is 66.6 Å². The van der Waals surface area contributed by atoms with Gasteiger partial charge in [-0.05, 0) is 6.92 Å². The maximum absolute atomic E-state index is 10.7. The molecule has 0 unspecified atom stereocenters. The minimum atomic E-state index is -0.315. The van der Waals surface area contributed by atoms with Gasteiger partial charge in [-0.3, -0.25) is 4.79 Å². The molecule has 90 valence electrons. The van der Waals surface area contributed by atoms with Gasteiger partial charge in [-0.2, -0.15) is 0 Å². The molecule has 1 aliphatic rings. The number of hydrogen-bond donors (Lipinski definition) is 2. The summed E-state index contributed by atoms with van der Waals surface area (Å²) in [7, 11) is 0. The van der Waals surface area contributed by atoms with E-state index in [1.54, 1.807) is 11.8 Å². The van der Waals surface area contributed by atoms with E-state index in [9.17, 15) is 4.79 Å². The van der Waals surface area contributed by atoms with Crippen LogP contribution in [0.4, 0.5) is 0 Å². The SMILES string of the molecule is Br.Br.CC1=C(CCO)SCN1CC(N)=O. The van der Waals surface area contributed by atoms with Crippen LogP contribution in [0.15, 0.2) is 10.6 Å². The van der Waals surface area contributed by atoms with Crippen molar-refractivity contribution in [2.75, 3.05) is 19.0 Å². The summed E-state index contributed by atoms with van der Waals surface area (Å²) in [5, 5.41) is 8.75. The summed E-state index contributed by atoms with van der Waals surface area (Å²) in [6, 6.07) is 0. The lowest BCUT2D eigenvalue weighted by Gasteiger charge is -2.16. The Balaban J connectivity index is 0. The predicted octanol–water partition coefficient (Wildman–Crippen LogP) is 1.25. The lowest BCUT2D eigenvalue weighted by Crippen LogP contribution is -2.30. The molecular formula is C8H16Br2N2O2S. The lowest BCUT2D eigenvalue weighted by molar-refractivity contribution is -0.118. The summed E-state index contributed by atoms with van der Waals surface area (Å²) < 4.78 is 0. The first-order valence-electron chi connectivity index (χ1n) is 4.11. The van der Waals surface area contributed by atoms with Crippen molar-refractivity contribution in [1.29, 1.82) is 0 Å². The summed E-state index contributed by atoms with van der Waals surface area (Å²) in [5.41, 5.74) is 6.16. The number of nitrogens with zero attached hydrogens (tertiary/aromatic N) is 1. The van der Waals surface area contributed by atoms with Crippen LogP contribution in [-0.2, 0) is 4.79 Å². The first-order valence-corrected chi connectivity index (χ1v) is 5.10. The molecule has 1 amide bonds. The maximum atomic E-state index is 10.7. The van der Waals surface area contributed by atoms with E-state index in [4.69, 9.17) is 10.8 Å². The minimum Gasteiger partial charge on any atom is -0.396 e. The van der Waals surface area contributed by atoms with E-state index in [-0.39, 0.29) is 53.0 Å². The van der Waals surface area contributed by atoms with E-state index in [2.05, 4.69) is 0 Å². The largest absolute Gasteiger partial charge is 0.396 e. The molecule has 0 aromatic heterocycles. The van der Waals surface area contributed by atoms with Crippen molar-refractivity contribution in [3.8, 4) is 0 Å². The van der Waals surface area contributed by atoms with Crippen molar-refractivity contribution < 1.29 is 9.90 Å². The molecular weight excluding hydrogens is 348 g/mol. The van der Waals surface area contributed by atoms with E-state index in [1.165, 1.54) is 0 Å². The van der Waals surface area contributed by atoms with Crippen LogP contribution in [-0.4, -0.2) is 34.9 Å². The molecule has 3 N–H and O–H groups in total. The molecule has 0 fully saturated rings. The highest BCUT2D eigenvalue weighted by Crippen LogP contribution is 2.33. The van der Waals surface area contributed by atoms with Crippen LogP contribution >= 0.6 is 45.7 Å². The Morgan fingerprint density at radius 3 is 2.67 bits per heavy atom. The zero-order valence-electron chi connectivity index (χ0n) is 8.43. The number of allylic oxidation sites excluding steroid dienone is 1. The molecule has 15 heavy (non-hydrogen) atoms. The van der Waals surface area contributed by atoms with Gasteiger partial charge in [-0.25, -0.2) is 0 Å². The van der Waals surface area contributed by atoms with Crippen molar-refractivity contribution in [1.82, 2.24) is 4.90 Å². The van der Waals surface area contributed by atoms with Crippen molar-refractivity contribution >= 4 is 51.6 Å². The number of nitrogens with two attached hydrogens (primary N) is 1. The predicted molar refractivity (Wildman–Crippen MR) is 73.4 cm³/mol. The number of carbonyl (C=O) groups excluding carboxylic acids is 1. The number of rotatable bonds is 4. The average Bonchev–Trinajstić information content (AvgIpc) is 2.36. The third kappa shape index (κ3) is 5.24. The van der Waals surface area contributed by atoms with Crippen LogP contribution in [0.1, 0.15) is 13.3 Å². The second-order valence-electron chi connectivity index (χ2n) is 2.92. The van der Waals surface area contributed by atoms with Crippen LogP contribution in [0, 0.1) is 0 Å². The average molecular weight is 364 g/mol. The number of amides is 1. The first kappa shape index (κ1) is 17.7. The summed E-state index contributed by atoms with van der Waals surface area (Å²) in [6.45, 7) is 2.38. The fourth-order valence-corrected chi connectivity index (χ4v) is 2.41. The second-order valence-corrected chi connectivity index (χ2v) is 3.96. The molecule has 0 bridgehead atoms. The molecule has 7 heteroatoms. The van der Waals surface area contributed by atoms with Gasteiger partial charge in [0.2, 0.25) is 5.91 Å². The Bertz CT molecular complexity index is 249. The number of carbonyl (C=O) groups is 1.